The topological polar surface area (TPSA) is 80.0 Å². The number of thiazole rings is 1. The number of hydrogen-bond acceptors (Lipinski definition) is 4. The molecule has 19 heavy (non-hydrogen) atoms. The fraction of sp³-hybridized carbons (Fsp3) is 0.231. The highest BCUT2D eigenvalue weighted by Crippen LogP contribution is 2.43. The summed E-state index contributed by atoms with van der Waals surface area (Å²) >= 11 is 1.54. The molecule has 4 N–H and O–H groups in total. The van der Waals surface area contributed by atoms with Crippen molar-refractivity contribution in [2.24, 2.45) is 0 Å². The van der Waals surface area contributed by atoms with Crippen LogP contribution in [-0.4, -0.2) is 11.0 Å². The fourth-order valence-electron chi connectivity index (χ4n) is 1.78. The second kappa shape index (κ2) is 4.89. The predicted octanol–water partition coefficient (Wildman–Crippen LogP) is 3.25. The van der Waals surface area contributed by atoms with Crippen molar-refractivity contribution >= 4 is 33.9 Å². The Morgan fingerprint density at radius 2 is 2.21 bits per heavy atom. The summed E-state index contributed by atoms with van der Waals surface area (Å²) in [6, 6.07) is 6.75. The third kappa shape index (κ3) is 3.03. The minimum absolute atomic E-state index is 0.303. The van der Waals surface area contributed by atoms with Crippen LogP contribution in [0.3, 0.4) is 0 Å². The lowest BCUT2D eigenvalue weighted by Crippen LogP contribution is -2.19. The molecule has 1 fully saturated rings. The zero-order chi connectivity index (χ0) is 13.2. The molecule has 0 atom stereocenters. The molecule has 1 saturated carbocycles. The Kier molecular flexibility index (Phi) is 3.08. The Labute approximate surface area is 114 Å². The highest BCUT2D eigenvalue weighted by Gasteiger charge is 2.25. The lowest BCUT2D eigenvalue weighted by Gasteiger charge is -2.05. The number of amides is 2. The highest BCUT2D eigenvalue weighted by molar-refractivity contribution is 7.15. The molecule has 3 rings (SSSR count). The number of nitrogen functional groups attached to an aromatic ring is 1. The number of anilines is 3. The van der Waals surface area contributed by atoms with E-state index in [1.54, 1.807) is 24.3 Å². The Morgan fingerprint density at radius 3 is 2.95 bits per heavy atom. The quantitative estimate of drug-likeness (QED) is 0.752. The molecule has 1 aliphatic rings. The Bertz CT molecular complexity index is 606. The summed E-state index contributed by atoms with van der Waals surface area (Å²) in [6.07, 6.45) is 4.31. The van der Waals surface area contributed by atoms with Gasteiger partial charge in [-0.05, 0) is 37.0 Å². The van der Waals surface area contributed by atoms with Gasteiger partial charge < -0.3 is 11.1 Å². The first-order valence-electron chi connectivity index (χ1n) is 6.10. The first-order chi connectivity index (χ1) is 9.20. The Balaban J connectivity index is 1.61. The van der Waals surface area contributed by atoms with Crippen molar-refractivity contribution in [3.63, 3.8) is 0 Å². The van der Waals surface area contributed by atoms with Crippen molar-refractivity contribution in [1.29, 1.82) is 0 Å². The normalized spacial score (nSPS) is 14.1. The van der Waals surface area contributed by atoms with Gasteiger partial charge in [-0.25, -0.2) is 9.78 Å². The minimum Gasteiger partial charge on any atom is -0.399 e. The minimum atomic E-state index is -0.303. The van der Waals surface area contributed by atoms with E-state index >= 15 is 0 Å². The van der Waals surface area contributed by atoms with Gasteiger partial charge in [-0.2, -0.15) is 0 Å². The molecule has 6 heteroatoms. The number of aromatic nitrogens is 1. The van der Waals surface area contributed by atoms with E-state index in [1.165, 1.54) is 29.1 Å². The molecule has 0 aliphatic heterocycles. The standard InChI is InChI=1S/C13H14N4OS/c14-9-2-1-3-10(6-9)16-12(18)17-13-15-7-11(19-13)8-4-5-8/h1-3,6-8H,4-5,14H2,(H2,15,16,17,18). The van der Waals surface area contributed by atoms with Gasteiger partial charge in [0.1, 0.15) is 0 Å². The Morgan fingerprint density at radius 1 is 1.37 bits per heavy atom. The number of hydrogen-bond donors (Lipinski definition) is 3. The molecule has 98 valence electrons. The first kappa shape index (κ1) is 12.0. The van der Waals surface area contributed by atoms with Crippen molar-refractivity contribution in [3.8, 4) is 0 Å². The van der Waals surface area contributed by atoms with Gasteiger partial charge in [-0.3, -0.25) is 5.32 Å². The number of urea groups is 1. The molecular formula is C13H14N4OS. The second-order valence-corrected chi connectivity index (χ2v) is 5.61. The number of nitrogens with zero attached hydrogens (tertiary/aromatic N) is 1. The van der Waals surface area contributed by atoms with Crippen molar-refractivity contribution in [2.75, 3.05) is 16.4 Å². The van der Waals surface area contributed by atoms with E-state index in [9.17, 15) is 4.79 Å². The van der Waals surface area contributed by atoms with Gasteiger partial charge in [0.25, 0.3) is 0 Å². The van der Waals surface area contributed by atoms with Crippen LogP contribution in [0, 0.1) is 0 Å². The summed E-state index contributed by atoms with van der Waals surface area (Å²) in [5.41, 5.74) is 6.93. The average Bonchev–Trinajstić information content (AvgIpc) is 3.11. The fourth-order valence-corrected chi connectivity index (χ4v) is 2.76. The number of carbonyl (C=O) groups excluding carboxylic acids is 1. The SMILES string of the molecule is Nc1cccc(NC(=O)Nc2ncc(C3CC3)s2)c1. The molecule has 2 amide bonds. The molecule has 0 saturated heterocycles. The molecule has 1 heterocycles. The zero-order valence-corrected chi connectivity index (χ0v) is 11.0. The van der Waals surface area contributed by atoms with Crippen LogP contribution in [0.25, 0.3) is 0 Å². The number of nitrogens with one attached hydrogen (secondary N) is 2. The maximum Gasteiger partial charge on any atom is 0.325 e. The van der Waals surface area contributed by atoms with Gasteiger partial charge in [0.05, 0.1) is 0 Å². The van der Waals surface area contributed by atoms with E-state index in [1.807, 2.05) is 6.20 Å². The van der Waals surface area contributed by atoms with Crippen molar-refractivity contribution in [1.82, 2.24) is 4.98 Å². The van der Waals surface area contributed by atoms with Crippen LogP contribution in [0.1, 0.15) is 23.6 Å². The van der Waals surface area contributed by atoms with E-state index in [2.05, 4.69) is 15.6 Å². The molecule has 0 unspecified atom stereocenters. The number of carbonyl (C=O) groups is 1. The largest absolute Gasteiger partial charge is 0.399 e. The summed E-state index contributed by atoms with van der Waals surface area (Å²) in [7, 11) is 0. The third-order valence-electron chi connectivity index (χ3n) is 2.87. The zero-order valence-electron chi connectivity index (χ0n) is 10.2. The summed E-state index contributed by atoms with van der Waals surface area (Å²) < 4.78 is 0. The predicted molar refractivity (Wildman–Crippen MR) is 77.6 cm³/mol. The maximum atomic E-state index is 11.8. The summed E-state index contributed by atoms with van der Waals surface area (Å²) in [6.45, 7) is 0. The van der Waals surface area contributed by atoms with Gasteiger partial charge in [0.15, 0.2) is 5.13 Å². The third-order valence-corrected chi connectivity index (χ3v) is 3.94. The number of nitrogens with two attached hydrogens (primary N) is 1. The van der Waals surface area contributed by atoms with E-state index in [0.29, 0.717) is 22.4 Å². The summed E-state index contributed by atoms with van der Waals surface area (Å²) in [5.74, 6) is 0.657. The molecule has 0 bridgehead atoms. The van der Waals surface area contributed by atoms with Crippen LogP contribution >= 0.6 is 11.3 Å². The van der Waals surface area contributed by atoms with Crippen LogP contribution < -0.4 is 16.4 Å². The van der Waals surface area contributed by atoms with Crippen LogP contribution in [0.4, 0.5) is 21.3 Å². The molecular weight excluding hydrogens is 260 g/mol. The smallest absolute Gasteiger partial charge is 0.325 e. The molecule has 0 radical (unpaired) electrons. The Hall–Kier alpha value is -2.08. The van der Waals surface area contributed by atoms with Crippen molar-refractivity contribution in [3.05, 3.63) is 35.3 Å². The number of benzene rings is 1. The van der Waals surface area contributed by atoms with Crippen LogP contribution in [0.2, 0.25) is 0 Å². The summed E-state index contributed by atoms with van der Waals surface area (Å²) in [5, 5.41) is 6.08. The highest BCUT2D eigenvalue weighted by atomic mass is 32.1. The van der Waals surface area contributed by atoms with Gasteiger partial charge >= 0.3 is 6.03 Å². The molecule has 1 aromatic carbocycles. The maximum absolute atomic E-state index is 11.8. The first-order valence-corrected chi connectivity index (χ1v) is 6.91. The van der Waals surface area contributed by atoms with Crippen LogP contribution in [0.15, 0.2) is 30.5 Å². The monoisotopic (exact) mass is 274 g/mol. The van der Waals surface area contributed by atoms with E-state index in [4.69, 9.17) is 5.73 Å². The van der Waals surface area contributed by atoms with Gasteiger partial charge in [-0.1, -0.05) is 6.07 Å². The van der Waals surface area contributed by atoms with Crippen LogP contribution in [-0.2, 0) is 0 Å². The van der Waals surface area contributed by atoms with Gasteiger partial charge in [0, 0.05) is 22.4 Å². The van der Waals surface area contributed by atoms with Gasteiger partial charge in [-0.15, -0.1) is 11.3 Å². The van der Waals surface area contributed by atoms with E-state index < -0.39 is 0 Å². The summed E-state index contributed by atoms with van der Waals surface area (Å²) in [4.78, 5) is 17.2. The molecule has 1 aromatic heterocycles. The lowest BCUT2D eigenvalue weighted by molar-refractivity contribution is 0.262. The average molecular weight is 274 g/mol. The van der Waals surface area contributed by atoms with Crippen molar-refractivity contribution in [2.45, 2.75) is 18.8 Å². The lowest BCUT2D eigenvalue weighted by atomic mass is 10.3. The van der Waals surface area contributed by atoms with Gasteiger partial charge in [0.2, 0.25) is 0 Å². The van der Waals surface area contributed by atoms with E-state index in [-0.39, 0.29) is 6.03 Å². The molecule has 2 aromatic rings. The van der Waals surface area contributed by atoms with E-state index in [0.717, 1.165) is 0 Å². The van der Waals surface area contributed by atoms with Crippen molar-refractivity contribution < 1.29 is 4.79 Å². The molecule has 5 nitrogen and oxygen atoms in total. The second-order valence-electron chi connectivity index (χ2n) is 4.55. The molecule has 1 aliphatic carbocycles. The molecule has 0 spiro atoms. The van der Waals surface area contributed by atoms with Crippen LogP contribution in [0.5, 0.6) is 0 Å². The number of rotatable bonds is 3.